The van der Waals surface area contributed by atoms with E-state index in [2.05, 4.69) is 37.3 Å². The summed E-state index contributed by atoms with van der Waals surface area (Å²) >= 11 is 6.05. The highest BCUT2D eigenvalue weighted by atomic mass is 35.5. The van der Waals surface area contributed by atoms with E-state index in [1.54, 1.807) is 0 Å². The molecule has 0 aliphatic carbocycles. The summed E-state index contributed by atoms with van der Waals surface area (Å²) in [4.78, 5) is 0. The van der Waals surface area contributed by atoms with Gasteiger partial charge in [0, 0.05) is 10.9 Å². The van der Waals surface area contributed by atoms with Crippen molar-refractivity contribution >= 4 is 11.6 Å². The van der Waals surface area contributed by atoms with Crippen LogP contribution >= 0.6 is 11.6 Å². The average molecular weight is 274 g/mol. The van der Waals surface area contributed by atoms with Crippen LogP contribution in [0.1, 0.15) is 29.5 Å². The van der Waals surface area contributed by atoms with Crippen molar-refractivity contribution in [3.63, 3.8) is 0 Å². The first-order valence-electron chi connectivity index (χ1n) is 6.76. The van der Waals surface area contributed by atoms with Gasteiger partial charge < -0.3 is 5.73 Å². The van der Waals surface area contributed by atoms with E-state index in [4.69, 9.17) is 17.3 Å². The largest absolute Gasteiger partial charge is 0.330 e. The van der Waals surface area contributed by atoms with Crippen molar-refractivity contribution in [2.45, 2.75) is 25.7 Å². The van der Waals surface area contributed by atoms with Crippen molar-refractivity contribution in [2.75, 3.05) is 6.54 Å². The van der Waals surface area contributed by atoms with Gasteiger partial charge in [-0.15, -0.1) is 0 Å². The second kappa shape index (κ2) is 6.74. The van der Waals surface area contributed by atoms with Crippen LogP contribution in [0.4, 0.5) is 0 Å². The molecule has 2 aromatic rings. The Morgan fingerprint density at radius 2 is 1.74 bits per heavy atom. The van der Waals surface area contributed by atoms with E-state index in [0.717, 1.165) is 17.9 Å². The Labute approximate surface area is 120 Å². The highest BCUT2D eigenvalue weighted by Gasteiger charge is 2.11. The van der Waals surface area contributed by atoms with Crippen LogP contribution < -0.4 is 5.73 Å². The lowest BCUT2D eigenvalue weighted by molar-refractivity contribution is 0.694. The highest BCUT2D eigenvalue weighted by Crippen LogP contribution is 2.23. The summed E-state index contributed by atoms with van der Waals surface area (Å²) < 4.78 is 0. The number of hydrogen-bond acceptors (Lipinski definition) is 1. The first-order chi connectivity index (χ1) is 9.22. The van der Waals surface area contributed by atoms with Crippen LogP contribution in [0.2, 0.25) is 5.02 Å². The standard InChI is InChI=1S/C17H20ClN/c1-2-13-6-8-14(9-7-13)10-16(12-19)15-4-3-5-17(18)11-15/h3-9,11,16H,2,10,12,19H2,1H3. The van der Waals surface area contributed by atoms with Gasteiger partial charge in [0.2, 0.25) is 0 Å². The normalized spacial score (nSPS) is 12.4. The maximum atomic E-state index is 6.05. The van der Waals surface area contributed by atoms with Gasteiger partial charge in [0.25, 0.3) is 0 Å². The molecule has 19 heavy (non-hydrogen) atoms. The van der Waals surface area contributed by atoms with Crippen LogP contribution in [0.5, 0.6) is 0 Å². The Balaban J connectivity index is 2.14. The maximum Gasteiger partial charge on any atom is 0.0408 e. The summed E-state index contributed by atoms with van der Waals surface area (Å²) in [5.74, 6) is 0.325. The zero-order valence-electron chi connectivity index (χ0n) is 11.3. The Morgan fingerprint density at radius 3 is 2.32 bits per heavy atom. The summed E-state index contributed by atoms with van der Waals surface area (Å²) in [6, 6.07) is 16.8. The van der Waals surface area contributed by atoms with Gasteiger partial charge in [0.1, 0.15) is 0 Å². The monoisotopic (exact) mass is 273 g/mol. The smallest absolute Gasteiger partial charge is 0.0408 e. The van der Waals surface area contributed by atoms with E-state index in [1.165, 1.54) is 16.7 Å². The average Bonchev–Trinajstić information content (AvgIpc) is 2.45. The predicted octanol–water partition coefficient (Wildman–Crippen LogP) is 4.19. The molecule has 0 saturated heterocycles. The van der Waals surface area contributed by atoms with Gasteiger partial charge in [0.05, 0.1) is 0 Å². The third-order valence-corrected chi connectivity index (χ3v) is 3.75. The lowest BCUT2D eigenvalue weighted by Gasteiger charge is -2.16. The number of hydrogen-bond donors (Lipinski definition) is 1. The molecule has 2 heteroatoms. The third kappa shape index (κ3) is 3.82. The van der Waals surface area contributed by atoms with E-state index in [0.29, 0.717) is 12.5 Å². The molecule has 2 rings (SSSR count). The molecule has 100 valence electrons. The van der Waals surface area contributed by atoms with E-state index in [1.807, 2.05) is 18.2 Å². The molecular weight excluding hydrogens is 254 g/mol. The number of aryl methyl sites for hydroxylation is 1. The maximum absolute atomic E-state index is 6.05. The number of rotatable bonds is 5. The number of benzene rings is 2. The van der Waals surface area contributed by atoms with Crippen molar-refractivity contribution in [2.24, 2.45) is 5.73 Å². The second-order valence-corrected chi connectivity index (χ2v) is 5.30. The van der Waals surface area contributed by atoms with E-state index >= 15 is 0 Å². The fraction of sp³-hybridized carbons (Fsp3) is 0.294. The molecule has 0 bridgehead atoms. The van der Waals surface area contributed by atoms with Gasteiger partial charge in [-0.3, -0.25) is 0 Å². The van der Waals surface area contributed by atoms with Gasteiger partial charge in [0.15, 0.2) is 0 Å². The predicted molar refractivity (Wildman–Crippen MR) is 82.8 cm³/mol. The van der Waals surface area contributed by atoms with Gasteiger partial charge in [-0.1, -0.05) is 54.9 Å². The molecule has 1 unspecified atom stereocenters. The van der Waals surface area contributed by atoms with Crippen molar-refractivity contribution in [1.29, 1.82) is 0 Å². The zero-order valence-corrected chi connectivity index (χ0v) is 12.0. The van der Waals surface area contributed by atoms with Crippen LogP contribution in [-0.2, 0) is 12.8 Å². The molecule has 0 aliphatic heterocycles. The molecule has 0 saturated carbocycles. The van der Waals surface area contributed by atoms with Gasteiger partial charge in [-0.2, -0.15) is 0 Å². The molecule has 0 heterocycles. The SMILES string of the molecule is CCc1ccc(CC(CN)c2cccc(Cl)c2)cc1. The summed E-state index contributed by atoms with van der Waals surface area (Å²) in [6.07, 6.45) is 2.04. The lowest BCUT2D eigenvalue weighted by atomic mass is 9.91. The van der Waals surface area contributed by atoms with Crippen LogP contribution in [0.25, 0.3) is 0 Å². The fourth-order valence-electron chi connectivity index (χ4n) is 2.29. The van der Waals surface area contributed by atoms with Gasteiger partial charge >= 0.3 is 0 Å². The first-order valence-corrected chi connectivity index (χ1v) is 7.14. The summed E-state index contributed by atoms with van der Waals surface area (Å²) in [5, 5.41) is 0.775. The molecular formula is C17H20ClN. The molecule has 2 N–H and O–H groups in total. The third-order valence-electron chi connectivity index (χ3n) is 3.52. The Bertz CT molecular complexity index is 519. The van der Waals surface area contributed by atoms with E-state index in [9.17, 15) is 0 Å². The molecule has 1 nitrogen and oxygen atoms in total. The van der Waals surface area contributed by atoms with Crippen molar-refractivity contribution in [3.8, 4) is 0 Å². The van der Waals surface area contributed by atoms with E-state index in [-0.39, 0.29) is 0 Å². The first kappa shape index (κ1) is 14.1. The molecule has 1 atom stereocenters. The van der Waals surface area contributed by atoms with Crippen molar-refractivity contribution in [3.05, 3.63) is 70.2 Å². The molecule has 0 radical (unpaired) electrons. The minimum absolute atomic E-state index is 0.325. The topological polar surface area (TPSA) is 26.0 Å². The van der Waals surface area contributed by atoms with E-state index < -0.39 is 0 Å². The van der Waals surface area contributed by atoms with Crippen LogP contribution in [0, 0.1) is 0 Å². The lowest BCUT2D eigenvalue weighted by Crippen LogP contribution is -2.15. The van der Waals surface area contributed by atoms with Gasteiger partial charge in [-0.25, -0.2) is 0 Å². The Morgan fingerprint density at radius 1 is 1.05 bits per heavy atom. The fourth-order valence-corrected chi connectivity index (χ4v) is 2.49. The quantitative estimate of drug-likeness (QED) is 0.869. The van der Waals surface area contributed by atoms with Crippen LogP contribution in [0.15, 0.2) is 48.5 Å². The zero-order chi connectivity index (χ0) is 13.7. The van der Waals surface area contributed by atoms with Crippen LogP contribution in [0.3, 0.4) is 0 Å². The van der Waals surface area contributed by atoms with Crippen molar-refractivity contribution < 1.29 is 0 Å². The summed E-state index contributed by atoms with van der Waals surface area (Å²) in [7, 11) is 0. The minimum Gasteiger partial charge on any atom is -0.330 e. The highest BCUT2D eigenvalue weighted by molar-refractivity contribution is 6.30. The van der Waals surface area contributed by atoms with Crippen molar-refractivity contribution in [1.82, 2.24) is 0 Å². The Kier molecular flexibility index (Phi) is 5.00. The summed E-state index contributed by atoms with van der Waals surface area (Å²) in [5.41, 5.74) is 9.83. The second-order valence-electron chi connectivity index (χ2n) is 4.86. The molecule has 2 aromatic carbocycles. The molecule has 0 spiro atoms. The van der Waals surface area contributed by atoms with Gasteiger partial charge in [-0.05, 0) is 48.2 Å². The minimum atomic E-state index is 0.325. The molecule has 0 fully saturated rings. The van der Waals surface area contributed by atoms with Crippen LogP contribution in [-0.4, -0.2) is 6.54 Å². The Hall–Kier alpha value is -1.31. The number of halogens is 1. The molecule has 0 aromatic heterocycles. The summed E-state index contributed by atoms with van der Waals surface area (Å²) in [6.45, 7) is 2.81. The number of nitrogens with two attached hydrogens (primary N) is 1. The molecule has 0 aliphatic rings. The molecule has 0 amide bonds.